The SMILES string of the molecule is O=C(O)CN=C1C(=O)N(C2CCCCC2)CC1[N+](=O)[O-]. The van der Waals surface area contributed by atoms with Gasteiger partial charge in [0.25, 0.3) is 11.9 Å². The van der Waals surface area contributed by atoms with E-state index in [-0.39, 0.29) is 18.3 Å². The molecular formula is C12H17N3O5. The first-order valence-electron chi connectivity index (χ1n) is 6.71. The molecule has 0 aromatic heterocycles. The fourth-order valence-corrected chi connectivity index (χ4v) is 2.85. The monoisotopic (exact) mass is 283 g/mol. The Morgan fingerprint density at radius 2 is 2.05 bits per heavy atom. The van der Waals surface area contributed by atoms with Crippen LogP contribution in [-0.2, 0) is 9.59 Å². The van der Waals surface area contributed by atoms with Gasteiger partial charge in [-0.05, 0) is 12.8 Å². The quantitative estimate of drug-likeness (QED) is 0.590. The molecule has 0 aromatic rings. The van der Waals surface area contributed by atoms with Crippen molar-refractivity contribution in [3.05, 3.63) is 10.1 Å². The molecule has 1 atom stereocenters. The van der Waals surface area contributed by atoms with Crippen LogP contribution in [0.4, 0.5) is 0 Å². The Bertz CT molecular complexity index is 456. The Morgan fingerprint density at radius 1 is 1.40 bits per heavy atom. The first kappa shape index (κ1) is 14.4. The summed E-state index contributed by atoms with van der Waals surface area (Å²) in [6, 6.07) is -1.18. The summed E-state index contributed by atoms with van der Waals surface area (Å²) in [6.45, 7) is -0.598. The molecule has 2 aliphatic rings. The van der Waals surface area contributed by atoms with Gasteiger partial charge in [-0.1, -0.05) is 19.3 Å². The highest BCUT2D eigenvalue weighted by atomic mass is 16.6. The molecule has 110 valence electrons. The number of nitrogens with zero attached hydrogens (tertiary/aromatic N) is 3. The maximum absolute atomic E-state index is 12.2. The normalized spacial score (nSPS) is 26.2. The summed E-state index contributed by atoms with van der Waals surface area (Å²) in [5, 5.41) is 19.6. The van der Waals surface area contributed by atoms with Crippen molar-refractivity contribution < 1.29 is 19.6 Å². The molecule has 1 aliphatic carbocycles. The average molecular weight is 283 g/mol. The molecule has 1 amide bonds. The number of amides is 1. The van der Waals surface area contributed by atoms with E-state index in [1.807, 2.05) is 0 Å². The van der Waals surface area contributed by atoms with E-state index in [1.165, 1.54) is 4.90 Å². The molecule has 0 aromatic carbocycles. The number of aliphatic carboxylic acids is 1. The minimum Gasteiger partial charge on any atom is -0.480 e. The van der Waals surface area contributed by atoms with Crippen LogP contribution in [0.3, 0.4) is 0 Å². The second-order valence-corrected chi connectivity index (χ2v) is 5.15. The van der Waals surface area contributed by atoms with E-state index in [1.54, 1.807) is 0 Å². The van der Waals surface area contributed by atoms with Crippen LogP contribution in [0.2, 0.25) is 0 Å². The van der Waals surface area contributed by atoms with Gasteiger partial charge in [0.05, 0.1) is 6.54 Å². The Labute approximate surface area is 115 Å². The molecule has 1 heterocycles. The van der Waals surface area contributed by atoms with Crippen molar-refractivity contribution in [1.82, 2.24) is 4.90 Å². The lowest BCUT2D eigenvalue weighted by molar-refractivity contribution is -0.500. The number of carboxylic acids is 1. The lowest BCUT2D eigenvalue weighted by Gasteiger charge is -2.30. The summed E-state index contributed by atoms with van der Waals surface area (Å²) >= 11 is 0. The molecule has 8 nitrogen and oxygen atoms in total. The second kappa shape index (κ2) is 5.98. The lowest BCUT2D eigenvalue weighted by atomic mass is 9.94. The zero-order chi connectivity index (χ0) is 14.7. The number of carboxylic acid groups (broad SMARTS) is 1. The third-order valence-corrected chi connectivity index (χ3v) is 3.82. The van der Waals surface area contributed by atoms with E-state index >= 15 is 0 Å². The van der Waals surface area contributed by atoms with Crippen LogP contribution in [0.25, 0.3) is 0 Å². The smallest absolute Gasteiger partial charge is 0.325 e. The van der Waals surface area contributed by atoms with Crippen LogP contribution in [-0.4, -0.2) is 57.7 Å². The van der Waals surface area contributed by atoms with Crippen LogP contribution >= 0.6 is 0 Å². The zero-order valence-corrected chi connectivity index (χ0v) is 11.0. The summed E-state index contributed by atoms with van der Waals surface area (Å²) in [4.78, 5) is 38.4. The molecule has 8 heteroatoms. The fourth-order valence-electron chi connectivity index (χ4n) is 2.85. The van der Waals surface area contributed by atoms with Crippen molar-refractivity contribution >= 4 is 17.6 Å². The minimum atomic E-state index is -1.21. The molecule has 1 unspecified atom stereocenters. The highest BCUT2D eigenvalue weighted by molar-refractivity contribution is 6.42. The molecule has 2 rings (SSSR count). The number of rotatable bonds is 4. The number of nitro groups is 1. The number of carbonyl (C=O) groups excluding carboxylic acids is 1. The van der Waals surface area contributed by atoms with Crippen LogP contribution in [0, 0.1) is 10.1 Å². The number of hydrogen-bond acceptors (Lipinski definition) is 5. The topological polar surface area (TPSA) is 113 Å². The maximum Gasteiger partial charge on any atom is 0.325 e. The molecule has 0 bridgehead atoms. The third-order valence-electron chi connectivity index (χ3n) is 3.82. The van der Waals surface area contributed by atoms with E-state index < -0.39 is 29.4 Å². The van der Waals surface area contributed by atoms with Gasteiger partial charge in [-0.3, -0.25) is 24.7 Å². The van der Waals surface area contributed by atoms with Crippen LogP contribution < -0.4 is 0 Å². The van der Waals surface area contributed by atoms with Crippen LogP contribution in [0.1, 0.15) is 32.1 Å². The van der Waals surface area contributed by atoms with Crippen molar-refractivity contribution in [1.29, 1.82) is 0 Å². The van der Waals surface area contributed by atoms with Crippen LogP contribution in [0.5, 0.6) is 0 Å². The molecule has 0 spiro atoms. The van der Waals surface area contributed by atoms with Gasteiger partial charge in [0.1, 0.15) is 6.54 Å². The molecular weight excluding hydrogens is 266 g/mol. The van der Waals surface area contributed by atoms with Crippen molar-refractivity contribution in [3.8, 4) is 0 Å². The maximum atomic E-state index is 12.2. The van der Waals surface area contributed by atoms with Crippen molar-refractivity contribution in [3.63, 3.8) is 0 Å². The Balaban J connectivity index is 2.17. The molecule has 2 fully saturated rings. The van der Waals surface area contributed by atoms with E-state index in [0.29, 0.717) is 0 Å². The zero-order valence-electron chi connectivity index (χ0n) is 11.0. The number of aliphatic imine (C=N–C) groups is 1. The molecule has 20 heavy (non-hydrogen) atoms. The van der Waals surface area contributed by atoms with E-state index in [9.17, 15) is 19.7 Å². The van der Waals surface area contributed by atoms with E-state index in [0.717, 1.165) is 32.1 Å². The molecule has 1 aliphatic heterocycles. The highest BCUT2D eigenvalue weighted by Gasteiger charge is 2.47. The van der Waals surface area contributed by atoms with E-state index in [4.69, 9.17) is 5.11 Å². The first-order valence-corrected chi connectivity index (χ1v) is 6.71. The Morgan fingerprint density at radius 3 is 2.60 bits per heavy atom. The summed E-state index contributed by atoms with van der Waals surface area (Å²) in [5.41, 5.74) is -0.219. The van der Waals surface area contributed by atoms with Gasteiger partial charge in [0.15, 0.2) is 5.71 Å². The molecule has 0 radical (unpaired) electrons. The van der Waals surface area contributed by atoms with Gasteiger partial charge in [0, 0.05) is 11.0 Å². The largest absolute Gasteiger partial charge is 0.480 e. The van der Waals surface area contributed by atoms with Crippen molar-refractivity contribution in [2.75, 3.05) is 13.1 Å². The van der Waals surface area contributed by atoms with Crippen molar-refractivity contribution in [2.24, 2.45) is 4.99 Å². The summed E-state index contributed by atoms with van der Waals surface area (Å²) in [5.74, 6) is -1.68. The van der Waals surface area contributed by atoms with Gasteiger partial charge in [-0.2, -0.15) is 0 Å². The summed E-state index contributed by atoms with van der Waals surface area (Å²) < 4.78 is 0. The summed E-state index contributed by atoms with van der Waals surface area (Å²) in [7, 11) is 0. The third kappa shape index (κ3) is 2.94. The predicted molar refractivity (Wildman–Crippen MR) is 69.3 cm³/mol. The number of carbonyl (C=O) groups is 2. The number of likely N-dealkylation sites (tertiary alicyclic amines) is 1. The van der Waals surface area contributed by atoms with Gasteiger partial charge >= 0.3 is 5.97 Å². The highest BCUT2D eigenvalue weighted by Crippen LogP contribution is 2.26. The molecule has 1 saturated carbocycles. The van der Waals surface area contributed by atoms with Gasteiger partial charge in [-0.25, -0.2) is 0 Å². The lowest BCUT2D eigenvalue weighted by Crippen LogP contribution is -2.39. The Hall–Kier alpha value is -1.99. The minimum absolute atomic E-state index is 0.00888. The van der Waals surface area contributed by atoms with Gasteiger partial charge < -0.3 is 10.0 Å². The number of hydrogen-bond donors (Lipinski definition) is 1. The fraction of sp³-hybridized carbons (Fsp3) is 0.750. The van der Waals surface area contributed by atoms with E-state index in [2.05, 4.69) is 4.99 Å². The first-order chi connectivity index (χ1) is 9.50. The predicted octanol–water partition coefficient (Wildman–Crippen LogP) is 0.332. The van der Waals surface area contributed by atoms with Gasteiger partial charge in [-0.15, -0.1) is 0 Å². The van der Waals surface area contributed by atoms with Crippen molar-refractivity contribution in [2.45, 2.75) is 44.2 Å². The van der Waals surface area contributed by atoms with Crippen LogP contribution in [0.15, 0.2) is 4.99 Å². The summed E-state index contributed by atoms with van der Waals surface area (Å²) in [6.07, 6.45) is 4.85. The standard InChI is InChI=1S/C12H17N3O5/c16-10(17)6-13-11-9(15(19)20)7-14(12(11)18)8-4-2-1-3-5-8/h8-9H,1-7H2,(H,16,17). The molecule has 1 saturated heterocycles. The van der Waals surface area contributed by atoms with Gasteiger partial charge in [0.2, 0.25) is 0 Å². The molecule has 1 N–H and O–H groups in total. The Kier molecular flexibility index (Phi) is 4.31. The second-order valence-electron chi connectivity index (χ2n) is 5.15. The average Bonchev–Trinajstić information content (AvgIpc) is 2.75.